The van der Waals surface area contributed by atoms with Crippen LogP contribution in [0, 0.1) is 5.92 Å². The van der Waals surface area contributed by atoms with Crippen LogP contribution in [0.2, 0.25) is 0 Å². The molecule has 3 rings (SSSR count). The number of hydrogen-bond donors (Lipinski definition) is 2. The molecular weight excluding hydrogens is 270 g/mol. The standard InChI is InChI=1S/C15H15N3O3/c19-14(18-13(15(20)21)7-9-1-2-9)10-3-4-11-12(8-10)17-6-5-16-11/h3-6,8-9,13H,1-2,7H2,(H,18,19)(H,20,21). The van der Waals surface area contributed by atoms with Crippen LogP contribution in [0.3, 0.4) is 0 Å². The average molecular weight is 285 g/mol. The highest BCUT2D eigenvalue weighted by Crippen LogP contribution is 2.33. The molecule has 6 heteroatoms. The van der Waals surface area contributed by atoms with Crippen LogP contribution < -0.4 is 5.32 Å². The molecule has 1 amide bonds. The molecule has 0 aliphatic heterocycles. The molecule has 1 heterocycles. The summed E-state index contributed by atoms with van der Waals surface area (Å²) in [4.78, 5) is 31.7. The summed E-state index contributed by atoms with van der Waals surface area (Å²) in [7, 11) is 0. The van der Waals surface area contributed by atoms with Gasteiger partial charge in [-0.3, -0.25) is 14.8 Å². The molecule has 0 spiro atoms. The number of nitrogens with one attached hydrogen (secondary N) is 1. The maximum atomic E-state index is 12.2. The number of carboxylic acid groups (broad SMARTS) is 1. The lowest BCUT2D eigenvalue weighted by molar-refractivity contribution is -0.139. The minimum atomic E-state index is -0.990. The van der Waals surface area contributed by atoms with Crippen LogP contribution in [0.15, 0.2) is 30.6 Å². The topological polar surface area (TPSA) is 92.2 Å². The molecule has 21 heavy (non-hydrogen) atoms. The fraction of sp³-hybridized carbons (Fsp3) is 0.333. The molecule has 1 fully saturated rings. The third kappa shape index (κ3) is 3.16. The number of amides is 1. The fourth-order valence-corrected chi connectivity index (χ4v) is 2.25. The first-order chi connectivity index (χ1) is 10.1. The number of aliphatic carboxylic acids is 1. The van der Waals surface area contributed by atoms with E-state index in [1.165, 1.54) is 0 Å². The maximum absolute atomic E-state index is 12.2. The molecule has 2 N–H and O–H groups in total. The number of fused-ring (bicyclic) bond motifs is 1. The van der Waals surface area contributed by atoms with Crippen molar-refractivity contribution >= 4 is 22.9 Å². The van der Waals surface area contributed by atoms with E-state index in [0.29, 0.717) is 28.9 Å². The van der Waals surface area contributed by atoms with Crippen molar-refractivity contribution in [1.29, 1.82) is 0 Å². The molecule has 108 valence electrons. The van der Waals surface area contributed by atoms with E-state index in [4.69, 9.17) is 0 Å². The smallest absolute Gasteiger partial charge is 0.326 e. The Labute approximate surface area is 121 Å². The Kier molecular flexibility index (Phi) is 3.51. The summed E-state index contributed by atoms with van der Waals surface area (Å²) >= 11 is 0. The van der Waals surface area contributed by atoms with Crippen LogP contribution in [0.5, 0.6) is 0 Å². The molecule has 1 aromatic heterocycles. The van der Waals surface area contributed by atoms with Gasteiger partial charge in [0.25, 0.3) is 5.91 Å². The number of benzene rings is 1. The normalized spacial score (nSPS) is 15.6. The van der Waals surface area contributed by atoms with E-state index in [-0.39, 0.29) is 0 Å². The van der Waals surface area contributed by atoms with Gasteiger partial charge in [-0.1, -0.05) is 12.8 Å². The van der Waals surface area contributed by atoms with Gasteiger partial charge in [0.2, 0.25) is 0 Å². The Morgan fingerprint density at radius 3 is 2.62 bits per heavy atom. The van der Waals surface area contributed by atoms with Gasteiger partial charge < -0.3 is 10.4 Å². The highest BCUT2D eigenvalue weighted by Gasteiger charge is 2.30. The zero-order chi connectivity index (χ0) is 14.8. The molecule has 2 aromatic rings. The van der Waals surface area contributed by atoms with Crippen molar-refractivity contribution in [3.8, 4) is 0 Å². The van der Waals surface area contributed by atoms with Gasteiger partial charge in [0.1, 0.15) is 6.04 Å². The van der Waals surface area contributed by atoms with Crippen LogP contribution in [-0.2, 0) is 4.79 Å². The van der Waals surface area contributed by atoms with Crippen LogP contribution in [0.1, 0.15) is 29.6 Å². The quantitative estimate of drug-likeness (QED) is 0.870. The van der Waals surface area contributed by atoms with E-state index in [0.717, 1.165) is 12.8 Å². The average Bonchev–Trinajstić information content (AvgIpc) is 3.30. The molecule has 1 saturated carbocycles. The number of carboxylic acids is 1. The molecule has 0 saturated heterocycles. The van der Waals surface area contributed by atoms with Gasteiger partial charge in [0.05, 0.1) is 11.0 Å². The van der Waals surface area contributed by atoms with Crippen LogP contribution in [0.25, 0.3) is 11.0 Å². The van der Waals surface area contributed by atoms with Gasteiger partial charge in [-0.2, -0.15) is 0 Å². The highest BCUT2D eigenvalue weighted by molar-refractivity contribution is 5.99. The summed E-state index contributed by atoms with van der Waals surface area (Å²) < 4.78 is 0. The Balaban J connectivity index is 1.77. The second-order valence-corrected chi connectivity index (χ2v) is 5.30. The summed E-state index contributed by atoms with van der Waals surface area (Å²) in [6.07, 6.45) is 5.72. The van der Waals surface area contributed by atoms with E-state index < -0.39 is 17.9 Å². The summed E-state index contributed by atoms with van der Waals surface area (Å²) in [5.41, 5.74) is 1.70. The number of rotatable bonds is 5. The van der Waals surface area contributed by atoms with Crippen LogP contribution >= 0.6 is 0 Å². The van der Waals surface area contributed by atoms with Gasteiger partial charge in [0, 0.05) is 18.0 Å². The summed E-state index contributed by atoms with van der Waals surface area (Å²) in [6, 6.07) is 4.12. The molecule has 1 aromatic carbocycles. The van der Waals surface area contributed by atoms with E-state index in [1.807, 2.05) is 0 Å². The largest absolute Gasteiger partial charge is 0.480 e. The van der Waals surface area contributed by atoms with Crippen molar-refractivity contribution in [1.82, 2.24) is 15.3 Å². The van der Waals surface area contributed by atoms with Crippen molar-refractivity contribution in [3.05, 3.63) is 36.2 Å². The van der Waals surface area contributed by atoms with Gasteiger partial charge >= 0.3 is 5.97 Å². The lowest BCUT2D eigenvalue weighted by atomic mass is 10.1. The minimum Gasteiger partial charge on any atom is -0.480 e. The summed E-state index contributed by atoms with van der Waals surface area (Å²) in [5.74, 6) is -0.958. The first-order valence-corrected chi connectivity index (χ1v) is 6.88. The number of aromatic nitrogens is 2. The molecule has 1 aliphatic carbocycles. The van der Waals surface area contributed by atoms with Gasteiger partial charge in [-0.15, -0.1) is 0 Å². The summed E-state index contributed by atoms with van der Waals surface area (Å²) in [6.45, 7) is 0. The Bertz CT molecular complexity index is 697. The number of carbonyl (C=O) groups is 2. The van der Waals surface area contributed by atoms with Gasteiger partial charge in [-0.05, 0) is 30.5 Å². The molecular formula is C15H15N3O3. The van der Waals surface area contributed by atoms with E-state index >= 15 is 0 Å². The molecule has 0 bridgehead atoms. The Hall–Kier alpha value is -2.50. The van der Waals surface area contributed by atoms with Crippen molar-refractivity contribution < 1.29 is 14.7 Å². The maximum Gasteiger partial charge on any atom is 0.326 e. The second kappa shape index (κ2) is 5.47. The first-order valence-electron chi connectivity index (χ1n) is 6.88. The van der Waals surface area contributed by atoms with Crippen molar-refractivity contribution in [2.45, 2.75) is 25.3 Å². The predicted octanol–water partition coefficient (Wildman–Crippen LogP) is 1.61. The molecule has 1 aliphatic rings. The molecule has 1 unspecified atom stereocenters. The first kappa shape index (κ1) is 13.5. The second-order valence-electron chi connectivity index (χ2n) is 5.30. The summed E-state index contributed by atoms with van der Waals surface area (Å²) in [5, 5.41) is 11.8. The zero-order valence-electron chi connectivity index (χ0n) is 11.3. The zero-order valence-corrected chi connectivity index (χ0v) is 11.3. The van der Waals surface area contributed by atoms with Gasteiger partial charge in [0.15, 0.2) is 0 Å². The third-order valence-corrected chi connectivity index (χ3v) is 3.60. The number of hydrogen-bond acceptors (Lipinski definition) is 4. The Morgan fingerprint density at radius 2 is 1.95 bits per heavy atom. The third-order valence-electron chi connectivity index (χ3n) is 3.60. The van der Waals surface area contributed by atoms with E-state index in [9.17, 15) is 14.7 Å². The monoisotopic (exact) mass is 285 g/mol. The molecule has 1 atom stereocenters. The fourth-order valence-electron chi connectivity index (χ4n) is 2.25. The number of nitrogens with zero attached hydrogens (tertiary/aromatic N) is 2. The van der Waals surface area contributed by atoms with E-state index in [1.54, 1.807) is 30.6 Å². The van der Waals surface area contributed by atoms with Crippen molar-refractivity contribution in [3.63, 3.8) is 0 Å². The molecule has 0 radical (unpaired) electrons. The van der Waals surface area contributed by atoms with Crippen molar-refractivity contribution in [2.24, 2.45) is 5.92 Å². The van der Waals surface area contributed by atoms with Gasteiger partial charge in [-0.25, -0.2) is 4.79 Å². The lowest BCUT2D eigenvalue weighted by Crippen LogP contribution is -2.41. The molecule has 6 nitrogen and oxygen atoms in total. The number of carbonyl (C=O) groups excluding carboxylic acids is 1. The predicted molar refractivity (Wildman–Crippen MR) is 75.8 cm³/mol. The minimum absolute atomic E-state index is 0.393. The van der Waals surface area contributed by atoms with Crippen LogP contribution in [0.4, 0.5) is 0 Å². The lowest BCUT2D eigenvalue weighted by Gasteiger charge is -2.14. The SMILES string of the molecule is O=C(NC(CC1CC1)C(=O)O)c1ccc2nccnc2c1. The highest BCUT2D eigenvalue weighted by atomic mass is 16.4. The van der Waals surface area contributed by atoms with Crippen LogP contribution in [-0.4, -0.2) is 33.0 Å². The Morgan fingerprint density at radius 1 is 1.24 bits per heavy atom. The van der Waals surface area contributed by atoms with E-state index in [2.05, 4.69) is 15.3 Å². The van der Waals surface area contributed by atoms with Crippen molar-refractivity contribution in [2.75, 3.05) is 0 Å².